The minimum atomic E-state index is -1.02. The van der Waals surface area contributed by atoms with Gasteiger partial charge in [0.25, 0.3) is 17.7 Å². The van der Waals surface area contributed by atoms with Crippen molar-refractivity contribution in [1.82, 2.24) is 34.6 Å². The Hall–Kier alpha value is -8.52. The number of aromatic carboxylic acids is 1. The summed E-state index contributed by atoms with van der Waals surface area (Å²) < 4.78 is 0. The van der Waals surface area contributed by atoms with Crippen LogP contribution in [0, 0.1) is 0 Å². The summed E-state index contributed by atoms with van der Waals surface area (Å²) in [5, 5.41) is 10.7. The van der Waals surface area contributed by atoms with Crippen LogP contribution in [0.1, 0.15) is 109 Å². The van der Waals surface area contributed by atoms with Crippen molar-refractivity contribution in [3.8, 4) is 22.3 Å². The number of benzene rings is 6. The van der Waals surface area contributed by atoms with E-state index in [1.165, 1.54) is 32.1 Å². The SMILES string of the molecule is C1CCCC1.Nc1nc(C(=O)N2Cc3ccccc3C2)c2cc(-c3ccccc3C(=O)N3CCCC3)ccc2n1.Nc1nc(C(=O)N2Cc3ccccc3C2)c2cc(-c3ccccc3C(=O)O)ccc2n1. The maximum absolute atomic E-state index is 13.6. The van der Waals surface area contributed by atoms with Crippen LogP contribution in [0.3, 0.4) is 0 Å². The minimum Gasteiger partial charge on any atom is -0.478 e. The van der Waals surface area contributed by atoms with Gasteiger partial charge < -0.3 is 31.3 Å². The van der Waals surface area contributed by atoms with Crippen LogP contribution in [0.5, 0.6) is 0 Å². The third kappa shape index (κ3) is 9.73. The quantitative estimate of drug-likeness (QED) is 0.143. The highest BCUT2D eigenvalue weighted by molar-refractivity contribution is 6.08. The van der Waals surface area contributed by atoms with Crippen molar-refractivity contribution in [3.63, 3.8) is 0 Å². The molecule has 2 aromatic heterocycles. The number of carbonyl (C=O) groups excluding carboxylic acids is 3. The predicted octanol–water partition coefficient (Wildman–Crippen LogP) is 9.95. The van der Waals surface area contributed by atoms with Crippen LogP contribution in [0.2, 0.25) is 0 Å². The topological polar surface area (TPSA) is 202 Å². The molecule has 356 valence electrons. The van der Waals surface area contributed by atoms with Gasteiger partial charge in [-0.25, -0.2) is 24.7 Å². The number of likely N-dealkylation sites (tertiary alicyclic amines) is 1. The summed E-state index contributed by atoms with van der Waals surface area (Å²) in [5.74, 6) is -1.31. The molecular formula is C57H53N9O5. The zero-order valence-electron chi connectivity index (χ0n) is 39.3. The van der Waals surface area contributed by atoms with Crippen molar-refractivity contribution >= 4 is 57.4 Å². The molecule has 14 heteroatoms. The number of carboxylic acids is 1. The largest absolute Gasteiger partial charge is 0.478 e. The van der Waals surface area contributed by atoms with Gasteiger partial charge in [-0.15, -0.1) is 0 Å². The van der Waals surface area contributed by atoms with Crippen molar-refractivity contribution in [2.75, 3.05) is 24.6 Å². The lowest BCUT2D eigenvalue weighted by atomic mass is 9.97. The second-order valence-corrected chi connectivity index (χ2v) is 18.3. The molecule has 1 saturated heterocycles. The molecule has 14 nitrogen and oxygen atoms in total. The number of amides is 3. The zero-order valence-corrected chi connectivity index (χ0v) is 39.3. The van der Waals surface area contributed by atoms with Crippen LogP contribution in [-0.2, 0) is 26.2 Å². The average Bonchev–Trinajstić information content (AvgIpc) is 4.27. The van der Waals surface area contributed by atoms with Gasteiger partial charge in [0, 0.05) is 55.6 Å². The minimum absolute atomic E-state index is 0.0197. The molecule has 5 N–H and O–H groups in total. The second kappa shape index (κ2) is 20.2. The Labute approximate surface area is 411 Å². The number of hydrogen-bond donors (Lipinski definition) is 3. The van der Waals surface area contributed by atoms with E-state index in [9.17, 15) is 24.3 Å². The number of nitrogen functional groups attached to an aromatic ring is 2. The third-order valence-corrected chi connectivity index (χ3v) is 13.7. The number of nitrogens with zero attached hydrogens (tertiary/aromatic N) is 7. The molecule has 0 atom stereocenters. The van der Waals surface area contributed by atoms with E-state index in [1.54, 1.807) is 52.3 Å². The van der Waals surface area contributed by atoms with E-state index in [1.807, 2.05) is 95.9 Å². The summed E-state index contributed by atoms with van der Waals surface area (Å²) in [6, 6.07) is 41.3. The van der Waals surface area contributed by atoms with Crippen LogP contribution >= 0.6 is 0 Å². The van der Waals surface area contributed by atoms with Crippen molar-refractivity contribution in [1.29, 1.82) is 0 Å². The number of fused-ring (bicyclic) bond motifs is 4. The highest BCUT2D eigenvalue weighted by Gasteiger charge is 2.29. The summed E-state index contributed by atoms with van der Waals surface area (Å²) in [5.41, 5.74) is 21.7. The Morgan fingerprint density at radius 1 is 0.423 bits per heavy atom. The second-order valence-electron chi connectivity index (χ2n) is 18.3. The van der Waals surface area contributed by atoms with Gasteiger partial charge in [-0.2, -0.15) is 0 Å². The molecule has 0 radical (unpaired) electrons. The van der Waals surface area contributed by atoms with Crippen LogP contribution in [-0.4, -0.2) is 76.5 Å². The van der Waals surface area contributed by atoms with E-state index < -0.39 is 5.97 Å². The number of carboxylic acid groups (broad SMARTS) is 1. The van der Waals surface area contributed by atoms with Gasteiger partial charge in [0.05, 0.1) is 16.6 Å². The lowest BCUT2D eigenvalue weighted by molar-refractivity contribution is 0.0694. The van der Waals surface area contributed by atoms with Gasteiger partial charge in [-0.3, -0.25) is 14.4 Å². The average molecular weight is 944 g/mol. The lowest BCUT2D eigenvalue weighted by Crippen LogP contribution is -2.28. The number of rotatable bonds is 6. The molecular weight excluding hydrogens is 891 g/mol. The molecule has 1 aliphatic carbocycles. The number of carbonyl (C=O) groups is 4. The maximum Gasteiger partial charge on any atom is 0.336 e. The van der Waals surface area contributed by atoms with Crippen LogP contribution < -0.4 is 11.5 Å². The van der Waals surface area contributed by atoms with Gasteiger partial charge in [-0.05, 0) is 93.7 Å². The molecule has 1 saturated carbocycles. The van der Waals surface area contributed by atoms with Crippen molar-refractivity contribution < 1.29 is 24.3 Å². The number of hydrogen-bond acceptors (Lipinski definition) is 10. The van der Waals surface area contributed by atoms with Gasteiger partial charge in [-0.1, -0.05) is 129 Å². The van der Waals surface area contributed by atoms with Crippen LogP contribution in [0.4, 0.5) is 11.9 Å². The summed E-state index contributed by atoms with van der Waals surface area (Å²) >= 11 is 0. The molecule has 71 heavy (non-hydrogen) atoms. The molecule has 8 aromatic rings. The number of anilines is 2. The van der Waals surface area contributed by atoms with E-state index in [0.717, 1.165) is 59.3 Å². The van der Waals surface area contributed by atoms with E-state index in [-0.39, 0.29) is 46.6 Å². The Morgan fingerprint density at radius 2 is 0.803 bits per heavy atom. The Kier molecular flexibility index (Phi) is 13.2. The summed E-state index contributed by atoms with van der Waals surface area (Å²) in [6.45, 7) is 3.65. The van der Waals surface area contributed by atoms with Gasteiger partial charge in [0.1, 0.15) is 11.4 Å². The first-order valence-corrected chi connectivity index (χ1v) is 24.2. The first-order valence-electron chi connectivity index (χ1n) is 24.2. The van der Waals surface area contributed by atoms with Crippen molar-refractivity contribution in [2.24, 2.45) is 0 Å². The van der Waals surface area contributed by atoms with E-state index >= 15 is 0 Å². The Bertz CT molecular complexity index is 3310. The first kappa shape index (κ1) is 46.2. The van der Waals surface area contributed by atoms with E-state index in [4.69, 9.17) is 11.5 Å². The molecule has 4 aliphatic rings. The van der Waals surface area contributed by atoms with Gasteiger partial charge >= 0.3 is 5.97 Å². The van der Waals surface area contributed by atoms with E-state index in [2.05, 4.69) is 19.9 Å². The maximum atomic E-state index is 13.6. The molecule has 3 aliphatic heterocycles. The van der Waals surface area contributed by atoms with Crippen LogP contribution in [0.25, 0.3) is 44.1 Å². The standard InChI is InChI=1S/C28H25N5O2.C24H18N4O3.C5H10/c29-28-30-24-12-11-18(21-9-3-4-10-22(21)26(34)32-13-5-6-14-32)15-23(24)25(31-28)27(35)33-16-19-7-1-2-8-20(19)17-33;25-24-26-20-10-9-14(17-7-3-4-8-18(17)23(30)31)11-19(20)21(27-24)22(29)28-12-15-5-1-2-6-16(15)13-28;1-2-4-5-3-1/h1-4,7-12,15H,5-6,13-14,16-17H2,(H2,29,30,31);1-11H,12-13H2,(H,30,31)(H2,25,26,27);1-5H2. The Balaban J connectivity index is 0.000000150. The molecule has 0 unspecified atom stereocenters. The van der Waals surface area contributed by atoms with Crippen molar-refractivity contribution in [2.45, 2.75) is 71.1 Å². The van der Waals surface area contributed by atoms with Crippen LogP contribution in [0.15, 0.2) is 133 Å². The van der Waals surface area contributed by atoms with Gasteiger partial charge in [0.2, 0.25) is 11.9 Å². The fourth-order valence-electron chi connectivity index (χ4n) is 10.0. The molecule has 5 heterocycles. The monoisotopic (exact) mass is 943 g/mol. The molecule has 0 bridgehead atoms. The summed E-state index contributed by atoms with van der Waals surface area (Å²) in [4.78, 5) is 74.5. The highest BCUT2D eigenvalue weighted by atomic mass is 16.4. The summed E-state index contributed by atoms with van der Waals surface area (Å²) in [6.07, 6.45) is 9.57. The number of nitrogens with two attached hydrogens (primary N) is 2. The Morgan fingerprint density at radius 3 is 1.23 bits per heavy atom. The molecule has 12 rings (SSSR count). The smallest absolute Gasteiger partial charge is 0.336 e. The predicted molar refractivity (Wildman–Crippen MR) is 274 cm³/mol. The molecule has 3 amide bonds. The molecule has 2 fully saturated rings. The fourth-order valence-corrected chi connectivity index (χ4v) is 10.0. The zero-order chi connectivity index (χ0) is 49.0. The number of aromatic nitrogens is 4. The normalized spacial score (nSPS) is 14.6. The molecule has 0 spiro atoms. The third-order valence-electron chi connectivity index (χ3n) is 13.7. The van der Waals surface area contributed by atoms with E-state index in [0.29, 0.717) is 64.7 Å². The highest BCUT2D eigenvalue weighted by Crippen LogP contribution is 2.33. The first-order chi connectivity index (χ1) is 34.6. The fraction of sp³-hybridized carbons (Fsp3) is 0.228. The molecule has 6 aromatic carbocycles. The van der Waals surface area contributed by atoms with Gasteiger partial charge in [0.15, 0.2) is 0 Å². The lowest BCUT2D eigenvalue weighted by Gasteiger charge is -2.19. The van der Waals surface area contributed by atoms with Crippen molar-refractivity contribution in [3.05, 3.63) is 178 Å². The summed E-state index contributed by atoms with van der Waals surface area (Å²) in [7, 11) is 0.